The third-order valence-corrected chi connectivity index (χ3v) is 1.19. The number of hydrazine groups is 2. The molecule has 0 spiro atoms. The zero-order valence-corrected chi connectivity index (χ0v) is 6.46. The lowest BCUT2D eigenvalue weighted by atomic mass is 10.7. The molecule has 1 rings (SSSR count). The zero-order chi connectivity index (χ0) is 10.9. The fourth-order valence-electron chi connectivity index (χ4n) is 0.657. The molecule has 1 fully saturated rings. The van der Waals surface area contributed by atoms with E-state index in [-0.39, 0.29) is 0 Å². The summed E-state index contributed by atoms with van der Waals surface area (Å²) in [5.41, 5.74) is 1.93. The number of hydrogen-bond acceptors (Lipinski definition) is 8. The normalized spacial score (nSPS) is 14.8. The maximum Gasteiger partial charge on any atom is 0.621 e. The van der Waals surface area contributed by atoms with Crippen LogP contribution in [0.15, 0.2) is 11.7 Å². The van der Waals surface area contributed by atoms with Gasteiger partial charge in [0.05, 0.1) is 0 Å². The van der Waals surface area contributed by atoms with Crippen molar-refractivity contribution in [2.45, 2.75) is 0 Å². The van der Waals surface area contributed by atoms with Crippen molar-refractivity contribution in [3.8, 4) is 0 Å². The van der Waals surface area contributed by atoms with E-state index in [1.54, 1.807) is 0 Å². The van der Waals surface area contributed by atoms with Gasteiger partial charge in [-0.15, -0.1) is 0 Å². The zero-order valence-electron chi connectivity index (χ0n) is 6.46. The lowest BCUT2D eigenvalue weighted by Crippen LogP contribution is -2.40. The van der Waals surface area contributed by atoms with Gasteiger partial charge in [0.2, 0.25) is 0 Å². The Labute approximate surface area is 75.5 Å². The second kappa shape index (κ2) is 3.14. The van der Waals surface area contributed by atoms with Crippen LogP contribution in [0, 0.1) is 25.6 Å². The summed E-state index contributed by atoms with van der Waals surface area (Å²) < 4.78 is 4.33. The summed E-state index contributed by atoms with van der Waals surface area (Å²) in [7, 11) is 0. The van der Waals surface area contributed by atoms with Crippen LogP contribution in [0.4, 0.5) is 0 Å². The minimum absolute atomic E-state index is 0.461. The Kier molecular flexibility index (Phi) is 2.16. The Bertz CT molecular complexity index is 331. The predicted molar refractivity (Wildman–Crippen MR) is 39.0 cm³/mol. The van der Waals surface area contributed by atoms with E-state index in [0.29, 0.717) is 5.12 Å². The van der Waals surface area contributed by atoms with Gasteiger partial charge in [-0.2, -0.15) is 5.12 Å². The largest absolute Gasteiger partial charge is 0.621 e. The lowest BCUT2D eigenvalue weighted by Gasteiger charge is -2.02. The van der Waals surface area contributed by atoms with Crippen molar-refractivity contribution in [2.75, 3.05) is 0 Å². The van der Waals surface area contributed by atoms with Gasteiger partial charge in [-0.05, 0) is 0 Å². The topological polar surface area (TPSA) is 161 Å². The molecule has 11 heteroatoms. The molecule has 0 saturated carbocycles. The van der Waals surface area contributed by atoms with Crippen LogP contribution in [0.25, 0.3) is 0 Å². The molecule has 0 aromatic carbocycles. The highest BCUT2D eigenvalue weighted by Gasteiger charge is 2.40. The minimum Gasteiger partial charge on any atom is -0.393 e. The molecule has 76 valence electrons. The summed E-state index contributed by atoms with van der Waals surface area (Å²) >= 11 is 0. The van der Waals surface area contributed by atoms with Gasteiger partial charge in [0.15, 0.2) is 0 Å². The molecule has 1 heterocycles. The first kappa shape index (κ1) is 9.66. The highest BCUT2D eigenvalue weighted by Crippen LogP contribution is 2.11. The quantitative estimate of drug-likeness (QED) is 0.272. The van der Waals surface area contributed by atoms with Crippen LogP contribution in [-0.4, -0.2) is 21.0 Å². The van der Waals surface area contributed by atoms with E-state index in [0.717, 1.165) is 0 Å². The van der Waals surface area contributed by atoms with Crippen molar-refractivity contribution in [1.29, 1.82) is 5.41 Å². The van der Waals surface area contributed by atoms with Gasteiger partial charge < -0.3 is 4.74 Å². The summed E-state index contributed by atoms with van der Waals surface area (Å²) in [5.74, 6) is 2.79. The number of nitrogens with one attached hydrogen (secondary N) is 2. The first-order chi connectivity index (χ1) is 6.43. The molecule has 0 aliphatic carbocycles. The lowest BCUT2D eigenvalue weighted by molar-refractivity contribution is -0.619. The molecule has 0 atom stereocenters. The van der Waals surface area contributed by atoms with E-state index in [2.05, 4.69) is 4.74 Å². The molecular weight excluding hydrogens is 200 g/mol. The van der Waals surface area contributed by atoms with E-state index < -0.39 is 27.6 Å². The third kappa shape index (κ3) is 1.51. The fraction of sp³-hybridized carbons (Fsp3) is 0. The van der Waals surface area contributed by atoms with Crippen LogP contribution in [0.2, 0.25) is 0 Å². The van der Waals surface area contributed by atoms with Gasteiger partial charge in [-0.3, -0.25) is 20.2 Å². The van der Waals surface area contributed by atoms with Gasteiger partial charge in [-0.25, -0.2) is 16.7 Å². The second-order valence-corrected chi connectivity index (χ2v) is 2.06. The summed E-state index contributed by atoms with van der Waals surface area (Å²) in [6, 6.07) is -0.679. The third-order valence-electron chi connectivity index (χ3n) is 1.19. The van der Waals surface area contributed by atoms with Crippen molar-refractivity contribution in [2.24, 2.45) is 5.84 Å². The van der Waals surface area contributed by atoms with Crippen LogP contribution in [0.1, 0.15) is 0 Å². The molecular formula is C3H4N6O5. The molecule has 1 aliphatic heterocycles. The molecule has 0 unspecified atom stereocenters. The Morgan fingerprint density at radius 3 is 2.29 bits per heavy atom. The monoisotopic (exact) mass is 204 g/mol. The number of nitro groups is 2. The summed E-state index contributed by atoms with van der Waals surface area (Å²) in [6.07, 6.45) is 0. The molecule has 0 bridgehead atoms. The smallest absolute Gasteiger partial charge is 0.393 e. The number of amidine groups is 1. The summed E-state index contributed by atoms with van der Waals surface area (Å²) in [6.45, 7) is 0. The van der Waals surface area contributed by atoms with Crippen molar-refractivity contribution in [1.82, 2.24) is 10.5 Å². The van der Waals surface area contributed by atoms with Gasteiger partial charge in [0, 0.05) is 0 Å². The minimum atomic E-state index is -1.41. The summed E-state index contributed by atoms with van der Waals surface area (Å²) in [5, 5.41) is 27.8. The Balaban J connectivity index is 3.08. The number of rotatable bonds is 2. The van der Waals surface area contributed by atoms with Crippen molar-refractivity contribution in [3.63, 3.8) is 0 Å². The Hall–Kier alpha value is -2.43. The van der Waals surface area contributed by atoms with Crippen LogP contribution in [-0.2, 0) is 4.74 Å². The predicted octanol–water partition coefficient (Wildman–Crippen LogP) is -1.69. The number of nitrogens with two attached hydrogens (primary N) is 1. The molecule has 0 aromatic rings. The molecule has 0 amide bonds. The van der Waals surface area contributed by atoms with Gasteiger partial charge >= 0.3 is 17.7 Å². The molecule has 1 saturated heterocycles. The van der Waals surface area contributed by atoms with E-state index in [1.165, 1.54) is 0 Å². The summed E-state index contributed by atoms with van der Waals surface area (Å²) in [4.78, 5) is 17.9. The average molecular weight is 204 g/mol. The molecule has 14 heavy (non-hydrogen) atoms. The van der Waals surface area contributed by atoms with Crippen LogP contribution in [0.5, 0.6) is 0 Å². The molecule has 11 nitrogen and oxygen atoms in total. The van der Waals surface area contributed by atoms with Crippen LogP contribution < -0.4 is 11.3 Å². The number of hydrogen-bond donors (Lipinski definition) is 3. The first-order valence-corrected chi connectivity index (χ1v) is 3.04. The van der Waals surface area contributed by atoms with Crippen LogP contribution >= 0.6 is 0 Å². The van der Waals surface area contributed by atoms with Gasteiger partial charge in [0.1, 0.15) is 9.85 Å². The SMILES string of the molecule is N=C1OC(=C([N+](=O)[O-])[N+](=O)[O-])NN1N. The number of ether oxygens (including phenoxy) is 1. The van der Waals surface area contributed by atoms with E-state index >= 15 is 0 Å². The average Bonchev–Trinajstić information content (AvgIpc) is 2.29. The van der Waals surface area contributed by atoms with Crippen molar-refractivity contribution in [3.05, 3.63) is 31.9 Å². The standard InChI is InChI=1S/C3H4N6O5/c4-3-7(5)6-1(14-3)2(8(10)11)9(12)13/h4,6H,5H2. The van der Waals surface area contributed by atoms with E-state index in [9.17, 15) is 20.2 Å². The molecule has 4 N–H and O–H groups in total. The second-order valence-electron chi connectivity index (χ2n) is 2.06. The van der Waals surface area contributed by atoms with E-state index in [1.807, 2.05) is 5.43 Å². The van der Waals surface area contributed by atoms with Crippen LogP contribution in [0.3, 0.4) is 0 Å². The van der Waals surface area contributed by atoms with Crippen molar-refractivity contribution >= 4 is 6.02 Å². The maximum atomic E-state index is 10.2. The Morgan fingerprint density at radius 1 is 1.50 bits per heavy atom. The van der Waals surface area contributed by atoms with Gasteiger partial charge in [-0.1, -0.05) is 0 Å². The van der Waals surface area contributed by atoms with Gasteiger partial charge in [0.25, 0.3) is 0 Å². The number of nitrogens with zero attached hydrogens (tertiary/aromatic N) is 3. The Morgan fingerprint density at radius 2 is 2.00 bits per heavy atom. The highest BCUT2D eigenvalue weighted by molar-refractivity contribution is 5.72. The fourth-order valence-corrected chi connectivity index (χ4v) is 0.657. The molecule has 0 radical (unpaired) electrons. The maximum absolute atomic E-state index is 10.2. The molecule has 1 aliphatic rings. The van der Waals surface area contributed by atoms with E-state index in [4.69, 9.17) is 11.3 Å². The molecule has 0 aromatic heterocycles. The highest BCUT2D eigenvalue weighted by atomic mass is 16.7. The first-order valence-electron chi connectivity index (χ1n) is 3.04. The van der Waals surface area contributed by atoms with Crippen molar-refractivity contribution < 1.29 is 14.6 Å².